The van der Waals surface area contributed by atoms with Gasteiger partial charge in [-0.2, -0.15) is 4.31 Å². The molecule has 0 radical (unpaired) electrons. The van der Waals surface area contributed by atoms with Gasteiger partial charge in [0.2, 0.25) is 10.0 Å². The summed E-state index contributed by atoms with van der Waals surface area (Å²) in [6, 6.07) is 10.2. The van der Waals surface area contributed by atoms with Crippen molar-refractivity contribution in [2.45, 2.75) is 30.7 Å². The highest BCUT2D eigenvalue weighted by atomic mass is 32.2. The largest absolute Gasteiger partial charge is 0.348 e. The predicted octanol–water partition coefficient (Wildman–Crippen LogP) is 0.841. The monoisotopic (exact) mass is 416 g/mol. The lowest BCUT2D eigenvalue weighted by molar-refractivity contribution is -0.139. The van der Waals surface area contributed by atoms with E-state index in [-0.39, 0.29) is 18.0 Å². The van der Waals surface area contributed by atoms with E-state index in [1.807, 2.05) is 0 Å². The molecule has 8 nitrogen and oxygen atoms in total. The molecular formula is C20H24N4O4S. The number of nitrogens with one attached hydrogen (secondary N) is 2. The smallest absolute Gasteiger partial charge is 0.309 e. The summed E-state index contributed by atoms with van der Waals surface area (Å²) in [5.74, 6) is -1.40. The summed E-state index contributed by atoms with van der Waals surface area (Å²) in [5.41, 5.74) is 1.73. The highest BCUT2D eigenvalue weighted by molar-refractivity contribution is 7.89. The molecule has 29 heavy (non-hydrogen) atoms. The maximum atomic E-state index is 12.5. The molecule has 0 spiro atoms. The zero-order valence-corrected chi connectivity index (χ0v) is 16.8. The van der Waals surface area contributed by atoms with Crippen molar-refractivity contribution in [3.8, 4) is 0 Å². The first-order chi connectivity index (χ1) is 14.0. The Hall–Kier alpha value is -2.78. The number of hydrogen-bond donors (Lipinski definition) is 2. The van der Waals surface area contributed by atoms with Crippen molar-refractivity contribution in [2.24, 2.45) is 0 Å². The van der Waals surface area contributed by atoms with E-state index < -0.39 is 21.8 Å². The van der Waals surface area contributed by atoms with E-state index in [0.29, 0.717) is 19.5 Å². The van der Waals surface area contributed by atoms with Crippen LogP contribution in [0.1, 0.15) is 24.0 Å². The number of benzene rings is 1. The van der Waals surface area contributed by atoms with Crippen LogP contribution >= 0.6 is 0 Å². The highest BCUT2D eigenvalue weighted by Crippen LogP contribution is 2.21. The number of pyridine rings is 1. The number of carbonyl (C=O) groups excluding carboxylic acids is 2. The first kappa shape index (κ1) is 20.9. The third kappa shape index (κ3) is 5.61. The van der Waals surface area contributed by atoms with Crippen LogP contribution in [0.5, 0.6) is 0 Å². The second-order valence-corrected chi connectivity index (χ2v) is 8.74. The minimum absolute atomic E-state index is 0.252. The van der Waals surface area contributed by atoms with Crippen LogP contribution in [0.25, 0.3) is 0 Å². The predicted molar refractivity (Wildman–Crippen MR) is 107 cm³/mol. The van der Waals surface area contributed by atoms with Crippen molar-refractivity contribution in [2.75, 3.05) is 19.6 Å². The molecule has 1 aromatic carbocycles. The maximum Gasteiger partial charge on any atom is 0.309 e. The fourth-order valence-electron chi connectivity index (χ4n) is 3.07. The SMILES string of the molecule is O=C(NCCc1ccc(S(=O)(=O)N2CCCC2)cc1)C(=O)NCc1ccncc1. The average molecular weight is 417 g/mol. The molecule has 1 saturated heterocycles. The molecule has 0 bridgehead atoms. The average Bonchev–Trinajstić information content (AvgIpc) is 3.29. The van der Waals surface area contributed by atoms with Crippen molar-refractivity contribution in [1.82, 2.24) is 19.9 Å². The molecule has 0 unspecified atom stereocenters. The van der Waals surface area contributed by atoms with Gasteiger partial charge in [-0.05, 0) is 54.7 Å². The van der Waals surface area contributed by atoms with E-state index in [9.17, 15) is 18.0 Å². The van der Waals surface area contributed by atoms with Crippen LogP contribution in [0, 0.1) is 0 Å². The summed E-state index contributed by atoms with van der Waals surface area (Å²) < 4.78 is 26.5. The Bertz CT molecular complexity index is 940. The number of rotatable bonds is 7. The zero-order valence-electron chi connectivity index (χ0n) is 16.0. The normalized spacial score (nSPS) is 14.5. The van der Waals surface area contributed by atoms with Gasteiger partial charge in [-0.3, -0.25) is 14.6 Å². The quantitative estimate of drug-likeness (QED) is 0.651. The summed E-state index contributed by atoms with van der Waals surface area (Å²) in [6.07, 6.45) is 5.51. The Balaban J connectivity index is 1.44. The van der Waals surface area contributed by atoms with Gasteiger partial charge in [0.25, 0.3) is 0 Å². The molecule has 1 aliphatic heterocycles. The first-order valence-electron chi connectivity index (χ1n) is 9.51. The number of nitrogens with zero attached hydrogens (tertiary/aromatic N) is 2. The molecule has 3 rings (SSSR count). The van der Waals surface area contributed by atoms with Gasteiger partial charge in [0.1, 0.15) is 0 Å². The van der Waals surface area contributed by atoms with Crippen LogP contribution in [0.3, 0.4) is 0 Å². The van der Waals surface area contributed by atoms with Gasteiger partial charge < -0.3 is 10.6 Å². The number of aromatic nitrogens is 1. The molecule has 2 amide bonds. The molecule has 0 aliphatic carbocycles. The summed E-state index contributed by atoms with van der Waals surface area (Å²) in [7, 11) is -3.42. The Labute approximate surface area is 170 Å². The lowest BCUT2D eigenvalue weighted by atomic mass is 10.1. The minimum atomic E-state index is -3.42. The van der Waals surface area contributed by atoms with Crippen molar-refractivity contribution in [3.63, 3.8) is 0 Å². The van der Waals surface area contributed by atoms with Gasteiger partial charge in [-0.25, -0.2) is 8.42 Å². The molecule has 0 atom stereocenters. The standard InChI is InChI=1S/C20H24N4O4S/c25-19(20(26)23-15-17-7-10-21-11-8-17)22-12-9-16-3-5-18(6-4-16)29(27,28)24-13-1-2-14-24/h3-8,10-11H,1-2,9,12-15H2,(H,22,25)(H,23,26). The Morgan fingerprint density at radius 3 is 2.17 bits per heavy atom. The fourth-order valence-corrected chi connectivity index (χ4v) is 4.59. The van der Waals surface area contributed by atoms with E-state index in [2.05, 4.69) is 15.6 Å². The second-order valence-electron chi connectivity index (χ2n) is 6.80. The van der Waals surface area contributed by atoms with Gasteiger partial charge in [-0.15, -0.1) is 0 Å². The van der Waals surface area contributed by atoms with E-state index in [0.717, 1.165) is 24.0 Å². The van der Waals surface area contributed by atoms with Crippen LogP contribution in [-0.4, -0.2) is 49.2 Å². The van der Waals surface area contributed by atoms with Gasteiger partial charge in [0, 0.05) is 38.6 Å². The topological polar surface area (TPSA) is 108 Å². The van der Waals surface area contributed by atoms with Crippen LogP contribution in [-0.2, 0) is 32.6 Å². The summed E-state index contributed by atoms with van der Waals surface area (Å²) in [4.78, 5) is 27.9. The third-order valence-electron chi connectivity index (χ3n) is 4.73. The molecule has 2 heterocycles. The maximum absolute atomic E-state index is 12.5. The number of sulfonamides is 1. The van der Waals surface area contributed by atoms with E-state index in [1.165, 1.54) is 4.31 Å². The molecule has 1 fully saturated rings. The van der Waals surface area contributed by atoms with Crippen LogP contribution in [0.2, 0.25) is 0 Å². The van der Waals surface area contributed by atoms with Crippen LogP contribution in [0.15, 0.2) is 53.7 Å². The zero-order chi connectivity index (χ0) is 20.7. The van der Waals surface area contributed by atoms with Crippen molar-refractivity contribution >= 4 is 21.8 Å². The third-order valence-corrected chi connectivity index (χ3v) is 6.65. The number of carbonyl (C=O) groups is 2. The van der Waals surface area contributed by atoms with Crippen molar-refractivity contribution < 1.29 is 18.0 Å². The van der Waals surface area contributed by atoms with Gasteiger partial charge >= 0.3 is 11.8 Å². The Kier molecular flexibility index (Phi) is 6.95. The van der Waals surface area contributed by atoms with E-state index >= 15 is 0 Å². The Morgan fingerprint density at radius 1 is 0.897 bits per heavy atom. The lowest BCUT2D eigenvalue weighted by Gasteiger charge is -2.15. The highest BCUT2D eigenvalue weighted by Gasteiger charge is 2.26. The van der Waals surface area contributed by atoms with Gasteiger partial charge in [0.15, 0.2) is 0 Å². The lowest BCUT2D eigenvalue weighted by Crippen LogP contribution is -2.40. The minimum Gasteiger partial charge on any atom is -0.348 e. The molecule has 1 aromatic heterocycles. The van der Waals surface area contributed by atoms with Gasteiger partial charge in [0.05, 0.1) is 4.90 Å². The molecule has 9 heteroatoms. The van der Waals surface area contributed by atoms with E-state index in [1.54, 1.807) is 48.8 Å². The van der Waals surface area contributed by atoms with Gasteiger partial charge in [-0.1, -0.05) is 12.1 Å². The summed E-state index contributed by atoms with van der Waals surface area (Å²) in [5, 5.41) is 5.12. The van der Waals surface area contributed by atoms with Crippen LogP contribution < -0.4 is 10.6 Å². The molecule has 154 valence electrons. The van der Waals surface area contributed by atoms with Crippen molar-refractivity contribution in [1.29, 1.82) is 0 Å². The molecule has 2 aromatic rings. The van der Waals surface area contributed by atoms with E-state index in [4.69, 9.17) is 0 Å². The number of hydrogen-bond acceptors (Lipinski definition) is 5. The first-order valence-corrected chi connectivity index (χ1v) is 10.9. The molecule has 1 aliphatic rings. The number of amides is 2. The van der Waals surface area contributed by atoms with Crippen LogP contribution in [0.4, 0.5) is 0 Å². The molecular weight excluding hydrogens is 392 g/mol. The summed E-state index contributed by atoms with van der Waals surface area (Å²) >= 11 is 0. The summed E-state index contributed by atoms with van der Waals surface area (Å²) in [6.45, 7) is 1.67. The fraction of sp³-hybridized carbons (Fsp3) is 0.350. The Morgan fingerprint density at radius 2 is 1.52 bits per heavy atom. The second kappa shape index (κ2) is 9.62. The molecule has 0 saturated carbocycles. The molecule has 2 N–H and O–H groups in total. The van der Waals surface area contributed by atoms with Crippen molar-refractivity contribution in [3.05, 3.63) is 59.9 Å².